The first-order valence-electron chi connectivity index (χ1n) is 10.4. The summed E-state index contributed by atoms with van der Waals surface area (Å²) < 4.78 is 28.8. The summed E-state index contributed by atoms with van der Waals surface area (Å²) in [7, 11) is 1.86. The molecule has 30 heavy (non-hydrogen) atoms. The number of nitrogens with zero attached hydrogens (tertiary/aromatic N) is 2. The van der Waals surface area contributed by atoms with E-state index >= 15 is 0 Å². The van der Waals surface area contributed by atoms with Crippen LogP contribution in [0.3, 0.4) is 0 Å². The molecule has 0 unspecified atom stereocenters. The van der Waals surface area contributed by atoms with Gasteiger partial charge in [-0.25, -0.2) is 8.78 Å². The second-order valence-corrected chi connectivity index (χ2v) is 8.10. The highest BCUT2D eigenvalue weighted by atomic mass is 19.1. The molecule has 1 aliphatic heterocycles. The summed E-state index contributed by atoms with van der Waals surface area (Å²) in [6.45, 7) is 2.86. The van der Waals surface area contributed by atoms with Crippen LogP contribution < -0.4 is 0 Å². The van der Waals surface area contributed by atoms with Gasteiger partial charge in [-0.3, -0.25) is 4.79 Å². The molecule has 0 bridgehead atoms. The highest BCUT2D eigenvalue weighted by molar-refractivity contribution is 6.13. The van der Waals surface area contributed by atoms with Gasteiger partial charge in [0.05, 0.1) is 0 Å². The summed E-state index contributed by atoms with van der Waals surface area (Å²) in [5, 5.41) is 0.652. The molecular weight excluding hydrogens is 382 g/mol. The minimum atomic E-state index is -0.336. The summed E-state index contributed by atoms with van der Waals surface area (Å²) in [5.74, 6) is -0.238. The zero-order chi connectivity index (χ0) is 21.1. The fourth-order valence-electron chi connectivity index (χ4n) is 4.22. The molecule has 0 radical (unpaired) electrons. The number of fused-ring (bicyclic) bond motifs is 1. The van der Waals surface area contributed by atoms with Crippen LogP contribution in [-0.2, 0) is 13.5 Å². The summed E-state index contributed by atoms with van der Waals surface area (Å²) in [6.07, 6.45) is 8.26. The van der Waals surface area contributed by atoms with Gasteiger partial charge >= 0.3 is 0 Å². The molecule has 2 aromatic carbocycles. The predicted molar refractivity (Wildman–Crippen MR) is 116 cm³/mol. The van der Waals surface area contributed by atoms with Gasteiger partial charge in [0.25, 0.3) is 0 Å². The molecular formula is C25H26F2N2O. The second kappa shape index (κ2) is 8.92. The molecule has 0 amide bonds. The van der Waals surface area contributed by atoms with E-state index in [1.165, 1.54) is 18.2 Å². The largest absolute Gasteiger partial charge is 0.350 e. The van der Waals surface area contributed by atoms with Crippen molar-refractivity contribution in [2.45, 2.75) is 19.3 Å². The zero-order valence-electron chi connectivity index (χ0n) is 17.2. The van der Waals surface area contributed by atoms with Gasteiger partial charge in [0.2, 0.25) is 0 Å². The number of carbonyl (C=O) groups is 1. The predicted octanol–water partition coefficient (Wildman–Crippen LogP) is 5.15. The van der Waals surface area contributed by atoms with E-state index < -0.39 is 0 Å². The van der Waals surface area contributed by atoms with Crippen molar-refractivity contribution in [1.29, 1.82) is 0 Å². The van der Waals surface area contributed by atoms with Crippen molar-refractivity contribution in [3.8, 4) is 0 Å². The van der Waals surface area contributed by atoms with Gasteiger partial charge in [0.15, 0.2) is 5.78 Å². The lowest BCUT2D eigenvalue weighted by Gasteiger charge is -2.30. The van der Waals surface area contributed by atoms with E-state index in [0.29, 0.717) is 16.9 Å². The first-order chi connectivity index (χ1) is 14.5. The van der Waals surface area contributed by atoms with Crippen LogP contribution in [0.4, 0.5) is 8.78 Å². The van der Waals surface area contributed by atoms with Gasteiger partial charge in [-0.15, -0.1) is 0 Å². The Labute approximate surface area is 175 Å². The summed E-state index contributed by atoms with van der Waals surface area (Å²) in [6, 6.07) is 11.3. The van der Waals surface area contributed by atoms with Crippen molar-refractivity contribution < 1.29 is 13.6 Å². The minimum Gasteiger partial charge on any atom is -0.350 e. The van der Waals surface area contributed by atoms with E-state index in [9.17, 15) is 13.6 Å². The lowest BCUT2D eigenvalue weighted by Crippen LogP contribution is -2.34. The maximum atomic E-state index is 13.6. The lowest BCUT2D eigenvalue weighted by molar-refractivity contribution is 0.104. The fraction of sp³-hybridized carbons (Fsp3) is 0.320. The fourth-order valence-corrected chi connectivity index (χ4v) is 4.22. The van der Waals surface area contributed by atoms with Gasteiger partial charge in [-0.1, -0.05) is 18.2 Å². The maximum absolute atomic E-state index is 13.6. The van der Waals surface area contributed by atoms with Crippen molar-refractivity contribution in [3.05, 3.63) is 83.6 Å². The Bertz CT molecular complexity index is 1080. The van der Waals surface area contributed by atoms with Crippen LogP contribution in [0.2, 0.25) is 0 Å². The molecule has 0 atom stereocenters. The normalized spacial score (nSPS) is 16.0. The van der Waals surface area contributed by atoms with E-state index in [2.05, 4.69) is 4.90 Å². The minimum absolute atomic E-state index is 0.0836. The number of carbonyl (C=O) groups excluding carboxylic acids is 1. The van der Waals surface area contributed by atoms with Crippen LogP contribution >= 0.6 is 0 Å². The first-order valence-corrected chi connectivity index (χ1v) is 10.4. The number of ketones is 1. The Morgan fingerprint density at radius 1 is 1.10 bits per heavy atom. The van der Waals surface area contributed by atoms with Crippen molar-refractivity contribution in [2.75, 3.05) is 19.6 Å². The average molecular weight is 408 g/mol. The highest BCUT2D eigenvalue weighted by Crippen LogP contribution is 2.24. The van der Waals surface area contributed by atoms with Crippen molar-refractivity contribution in [1.82, 2.24) is 9.47 Å². The van der Waals surface area contributed by atoms with E-state index in [4.69, 9.17) is 0 Å². The Morgan fingerprint density at radius 2 is 1.87 bits per heavy atom. The number of allylic oxidation sites excluding steroid dienone is 2. The molecule has 3 nitrogen and oxygen atoms in total. The van der Waals surface area contributed by atoms with Gasteiger partial charge in [0, 0.05) is 36.3 Å². The smallest absolute Gasteiger partial charge is 0.187 e. The average Bonchev–Trinajstić information content (AvgIpc) is 3.07. The third-order valence-electron chi connectivity index (χ3n) is 5.97. The third kappa shape index (κ3) is 4.68. The second-order valence-electron chi connectivity index (χ2n) is 8.10. The molecule has 0 spiro atoms. The van der Waals surface area contributed by atoms with E-state index in [1.54, 1.807) is 30.5 Å². The number of hydrogen-bond donors (Lipinski definition) is 0. The molecule has 1 aliphatic rings. The van der Waals surface area contributed by atoms with Crippen LogP contribution in [0.15, 0.2) is 60.8 Å². The summed E-state index contributed by atoms with van der Waals surface area (Å²) in [5.41, 5.74) is 2.41. The maximum Gasteiger partial charge on any atom is 0.187 e. The number of benzene rings is 2. The molecule has 1 fully saturated rings. The van der Waals surface area contributed by atoms with Crippen LogP contribution in [-0.4, -0.2) is 34.9 Å². The Hall–Kier alpha value is -2.79. The number of aryl methyl sites for hydroxylation is 1. The lowest BCUT2D eigenvalue weighted by atomic mass is 9.95. The third-order valence-corrected chi connectivity index (χ3v) is 5.97. The molecule has 1 saturated heterocycles. The highest BCUT2D eigenvalue weighted by Gasteiger charge is 2.18. The molecule has 4 rings (SSSR count). The van der Waals surface area contributed by atoms with E-state index in [-0.39, 0.29) is 17.4 Å². The molecule has 156 valence electrons. The number of hydrogen-bond acceptors (Lipinski definition) is 2. The number of likely N-dealkylation sites (tertiary alicyclic amines) is 1. The molecule has 3 aromatic rings. The van der Waals surface area contributed by atoms with Crippen LogP contribution in [0.25, 0.3) is 10.9 Å². The number of aromatic nitrogens is 1. The van der Waals surface area contributed by atoms with Crippen molar-refractivity contribution >= 4 is 16.7 Å². The zero-order valence-corrected chi connectivity index (χ0v) is 17.2. The van der Waals surface area contributed by atoms with Crippen LogP contribution in [0, 0.1) is 17.6 Å². The Morgan fingerprint density at radius 3 is 2.63 bits per heavy atom. The van der Waals surface area contributed by atoms with Crippen LogP contribution in [0.5, 0.6) is 0 Å². The van der Waals surface area contributed by atoms with Crippen LogP contribution in [0.1, 0.15) is 28.8 Å². The summed E-state index contributed by atoms with van der Waals surface area (Å²) in [4.78, 5) is 15.1. The summed E-state index contributed by atoms with van der Waals surface area (Å²) >= 11 is 0. The number of rotatable bonds is 6. The molecule has 0 saturated carbocycles. The van der Waals surface area contributed by atoms with Gasteiger partial charge in [0.1, 0.15) is 11.6 Å². The van der Waals surface area contributed by atoms with Gasteiger partial charge in [-0.05, 0) is 80.2 Å². The number of halogens is 2. The first kappa shape index (κ1) is 20.5. The van der Waals surface area contributed by atoms with E-state index in [1.807, 2.05) is 23.8 Å². The van der Waals surface area contributed by atoms with Crippen molar-refractivity contribution in [3.63, 3.8) is 0 Å². The molecule has 2 heterocycles. The monoisotopic (exact) mass is 408 g/mol. The molecule has 1 aromatic heterocycles. The standard InChI is InChI=1S/C25H26F2N2O/c1-28-17-23(22-16-21(27)6-7-24(22)28)25(30)8-5-18-9-12-29(13-10-18)14-11-19-3-2-4-20(26)15-19/h2-8,15-18H,9-14H2,1H3. The van der Waals surface area contributed by atoms with Gasteiger partial charge < -0.3 is 9.47 Å². The van der Waals surface area contributed by atoms with Gasteiger partial charge in [-0.2, -0.15) is 0 Å². The molecule has 0 aliphatic carbocycles. The van der Waals surface area contributed by atoms with E-state index in [0.717, 1.165) is 50.0 Å². The molecule has 0 N–H and O–H groups in total. The SMILES string of the molecule is Cn1cc(C(=O)C=CC2CCN(CCc3cccc(F)c3)CC2)c2cc(F)ccc21. The quantitative estimate of drug-likeness (QED) is 0.416. The Kier molecular flexibility index (Phi) is 6.09. The Balaban J connectivity index is 1.32. The molecule has 5 heteroatoms. The number of piperidine rings is 1. The van der Waals surface area contributed by atoms with Crippen molar-refractivity contribution in [2.24, 2.45) is 13.0 Å². The topological polar surface area (TPSA) is 25.2 Å².